The summed E-state index contributed by atoms with van der Waals surface area (Å²) in [6.45, 7) is 1.99. The van der Waals surface area contributed by atoms with Crippen LogP contribution in [0.15, 0.2) is 42.5 Å². The fraction of sp³-hybridized carbons (Fsp3) is 0.143. The standard InChI is InChI=1S/C14H13FN2O2/c1-10-6-7-13(14(8-10)17(18)19)16-9-11-4-2-3-5-12(11)15/h2-8,16H,9H2,1H3. The Kier molecular flexibility index (Phi) is 3.75. The lowest BCUT2D eigenvalue weighted by atomic mass is 10.1. The molecular formula is C14H13FN2O2. The highest BCUT2D eigenvalue weighted by molar-refractivity contribution is 5.62. The molecule has 19 heavy (non-hydrogen) atoms. The molecule has 2 rings (SSSR count). The van der Waals surface area contributed by atoms with E-state index in [-0.39, 0.29) is 18.0 Å². The second-order valence-corrected chi connectivity index (χ2v) is 4.22. The van der Waals surface area contributed by atoms with Crippen LogP contribution in [0.2, 0.25) is 0 Å². The minimum Gasteiger partial charge on any atom is -0.375 e. The molecule has 0 amide bonds. The molecule has 2 aromatic rings. The number of rotatable bonds is 4. The fourth-order valence-electron chi connectivity index (χ4n) is 1.77. The topological polar surface area (TPSA) is 55.2 Å². The van der Waals surface area contributed by atoms with Crippen LogP contribution in [0.4, 0.5) is 15.8 Å². The molecular weight excluding hydrogens is 247 g/mol. The van der Waals surface area contributed by atoms with Gasteiger partial charge in [0.05, 0.1) is 4.92 Å². The van der Waals surface area contributed by atoms with E-state index in [1.54, 1.807) is 37.3 Å². The summed E-state index contributed by atoms with van der Waals surface area (Å²) in [5, 5.41) is 13.8. The lowest BCUT2D eigenvalue weighted by Crippen LogP contribution is -2.04. The van der Waals surface area contributed by atoms with E-state index in [1.165, 1.54) is 12.1 Å². The number of nitro groups is 1. The first-order valence-corrected chi connectivity index (χ1v) is 5.80. The SMILES string of the molecule is Cc1ccc(NCc2ccccc2F)c([N+](=O)[O-])c1. The van der Waals surface area contributed by atoms with Gasteiger partial charge < -0.3 is 5.32 Å². The number of nitrogens with one attached hydrogen (secondary N) is 1. The molecule has 0 aliphatic rings. The summed E-state index contributed by atoms with van der Waals surface area (Å²) >= 11 is 0. The van der Waals surface area contributed by atoms with Gasteiger partial charge in [0.2, 0.25) is 0 Å². The van der Waals surface area contributed by atoms with Crippen LogP contribution in [-0.4, -0.2) is 4.92 Å². The van der Waals surface area contributed by atoms with Crippen molar-refractivity contribution in [1.29, 1.82) is 0 Å². The molecule has 0 bridgehead atoms. The Hall–Kier alpha value is -2.43. The molecule has 4 nitrogen and oxygen atoms in total. The molecule has 1 N–H and O–H groups in total. The van der Waals surface area contributed by atoms with Gasteiger partial charge in [-0.2, -0.15) is 0 Å². The highest BCUT2D eigenvalue weighted by atomic mass is 19.1. The van der Waals surface area contributed by atoms with E-state index in [9.17, 15) is 14.5 Å². The third kappa shape index (κ3) is 3.07. The maximum absolute atomic E-state index is 13.4. The first-order valence-electron chi connectivity index (χ1n) is 5.80. The lowest BCUT2D eigenvalue weighted by molar-refractivity contribution is -0.384. The van der Waals surface area contributed by atoms with Gasteiger partial charge in [0.15, 0.2) is 0 Å². The van der Waals surface area contributed by atoms with Gasteiger partial charge in [-0.25, -0.2) is 4.39 Å². The van der Waals surface area contributed by atoms with Gasteiger partial charge in [-0.05, 0) is 24.6 Å². The van der Waals surface area contributed by atoms with Gasteiger partial charge in [0.1, 0.15) is 11.5 Å². The van der Waals surface area contributed by atoms with E-state index >= 15 is 0 Å². The van der Waals surface area contributed by atoms with Gasteiger partial charge in [0.25, 0.3) is 5.69 Å². The van der Waals surface area contributed by atoms with Crippen LogP contribution in [0.5, 0.6) is 0 Å². The van der Waals surface area contributed by atoms with Gasteiger partial charge >= 0.3 is 0 Å². The maximum atomic E-state index is 13.4. The number of hydrogen-bond acceptors (Lipinski definition) is 3. The van der Waals surface area contributed by atoms with E-state index in [2.05, 4.69) is 5.32 Å². The Balaban J connectivity index is 2.20. The van der Waals surface area contributed by atoms with E-state index in [0.717, 1.165) is 5.56 Å². The molecule has 2 aromatic carbocycles. The van der Waals surface area contributed by atoms with Crippen molar-refractivity contribution >= 4 is 11.4 Å². The summed E-state index contributed by atoms with van der Waals surface area (Å²) in [7, 11) is 0. The molecule has 0 saturated heterocycles. The molecule has 0 radical (unpaired) electrons. The van der Waals surface area contributed by atoms with Crippen LogP contribution >= 0.6 is 0 Å². The van der Waals surface area contributed by atoms with Gasteiger partial charge in [0, 0.05) is 18.2 Å². The van der Waals surface area contributed by atoms with Crippen LogP contribution in [0.3, 0.4) is 0 Å². The summed E-state index contributed by atoms with van der Waals surface area (Å²) in [5.41, 5.74) is 1.66. The molecule has 0 heterocycles. The average Bonchev–Trinajstić information content (AvgIpc) is 2.38. The van der Waals surface area contributed by atoms with Crippen LogP contribution in [0.1, 0.15) is 11.1 Å². The predicted octanol–water partition coefficient (Wildman–Crippen LogP) is 3.65. The second kappa shape index (κ2) is 5.48. The molecule has 0 unspecified atom stereocenters. The van der Waals surface area contributed by atoms with Crippen molar-refractivity contribution < 1.29 is 9.31 Å². The number of nitrogens with zero attached hydrogens (tertiary/aromatic N) is 1. The fourth-order valence-corrected chi connectivity index (χ4v) is 1.77. The van der Waals surface area contributed by atoms with Gasteiger partial charge in [-0.1, -0.05) is 24.3 Å². The Morgan fingerprint density at radius 1 is 1.26 bits per heavy atom. The van der Waals surface area contributed by atoms with E-state index < -0.39 is 4.92 Å². The average molecular weight is 260 g/mol. The summed E-state index contributed by atoms with van der Waals surface area (Å²) in [5.74, 6) is -0.329. The third-order valence-corrected chi connectivity index (χ3v) is 2.78. The Morgan fingerprint density at radius 2 is 2.00 bits per heavy atom. The predicted molar refractivity (Wildman–Crippen MR) is 71.6 cm³/mol. The largest absolute Gasteiger partial charge is 0.375 e. The number of aryl methyl sites for hydroxylation is 1. The molecule has 5 heteroatoms. The quantitative estimate of drug-likeness (QED) is 0.674. The minimum atomic E-state index is -0.448. The highest BCUT2D eigenvalue weighted by Crippen LogP contribution is 2.25. The number of hydrogen-bond donors (Lipinski definition) is 1. The smallest absolute Gasteiger partial charge is 0.292 e. The molecule has 0 spiro atoms. The van der Waals surface area contributed by atoms with Crippen molar-refractivity contribution in [2.45, 2.75) is 13.5 Å². The van der Waals surface area contributed by atoms with Crippen LogP contribution in [0.25, 0.3) is 0 Å². The van der Waals surface area contributed by atoms with Crippen molar-refractivity contribution in [2.24, 2.45) is 0 Å². The monoisotopic (exact) mass is 260 g/mol. The summed E-state index contributed by atoms with van der Waals surface area (Å²) in [4.78, 5) is 10.5. The highest BCUT2D eigenvalue weighted by Gasteiger charge is 2.13. The van der Waals surface area contributed by atoms with Gasteiger partial charge in [-0.3, -0.25) is 10.1 Å². The van der Waals surface area contributed by atoms with E-state index in [0.29, 0.717) is 11.3 Å². The molecule has 0 atom stereocenters. The normalized spacial score (nSPS) is 10.2. The summed E-state index contributed by atoms with van der Waals surface area (Å²) < 4.78 is 13.4. The van der Waals surface area contributed by atoms with Crippen molar-refractivity contribution in [3.8, 4) is 0 Å². The molecule has 0 aliphatic heterocycles. The number of anilines is 1. The minimum absolute atomic E-state index is 0.00339. The van der Waals surface area contributed by atoms with E-state index in [4.69, 9.17) is 0 Å². The molecule has 0 aromatic heterocycles. The number of nitro benzene ring substituents is 1. The number of benzene rings is 2. The first-order chi connectivity index (χ1) is 9.08. The summed E-state index contributed by atoms with van der Waals surface area (Å²) in [6.07, 6.45) is 0. The van der Waals surface area contributed by atoms with Crippen LogP contribution < -0.4 is 5.32 Å². The van der Waals surface area contributed by atoms with Crippen LogP contribution in [-0.2, 0) is 6.54 Å². The lowest BCUT2D eigenvalue weighted by Gasteiger charge is -2.08. The van der Waals surface area contributed by atoms with Crippen LogP contribution in [0, 0.1) is 22.9 Å². The van der Waals surface area contributed by atoms with E-state index in [1.807, 2.05) is 0 Å². The third-order valence-electron chi connectivity index (χ3n) is 2.78. The van der Waals surface area contributed by atoms with Crippen molar-refractivity contribution in [3.05, 3.63) is 69.5 Å². The first kappa shape index (κ1) is 13.0. The summed E-state index contributed by atoms with van der Waals surface area (Å²) in [6, 6.07) is 11.2. The second-order valence-electron chi connectivity index (χ2n) is 4.22. The number of halogens is 1. The molecule has 0 aliphatic carbocycles. The maximum Gasteiger partial charge on any atom is 0.292 e. The van der Waals surface area contributed by atoms with Crippen molar-refractivity contribution in [2.75, 3.05) is 5.32 Å². The molecule has 0 saturated carbocycles. The Labute approximate surface area is 110 Å². The van der Waals surface area contributed by atoms with Crippen molar-refractivity contribution in [3.63, 3.8) is 0 Å². The Bertz CT molecular complexity index is 614. The molecule has 98 valence electrons. The van der Waals surface area contributed by atoms with Crippen molar-refractivity contribution in [1.82, 2.24) is 0 Å². The van der Waals surface area contributed by atoms with Gasteiger partial charge in [-0.15, -0.1) is 0 Å². The zero-order chi connectivity index (χ0) is 13.8. The Morgan fingerprint density at radius 3 is 2.68 bits per heavy atom. The molecule has 0 fully saturated rings. The zero-order valence-electron chi connectivity index (χ0n) is 10.4. The zero-order valence-corrected chi connectivity index (χ0v) is 10.4.